The highest BCUT2D eigenvalue weighted by atomic mass is 35.5. The predicted octanol–water partition coefficient (Wildman–Crippen LogP) is 5.34. The molecular weight excluding hydrogens is 227 g/mol. The van der Waals surface area contributed by atoms with E-state index in [0.29, 0.717) is 5.02 Å². The summed E-state index contributed by atoms with van der Waals surface area (Å²) < 4.78 is 0. The Balaban J connectivity index is 2.22. The lowest BCUT2D eigenvalue weighted by Gasteiger charge is -2.13. The van der Waals surface area contributed by atoms with Gasteiger partial charge in [0.25, 0.3) is 0 Å². The Morgan fingerprint density at radius 3 is 2.40 bits per heavy atom. The molecule has 0 unspecified atom stereocenters. The molecule has 1 aliphatic rings. The summed E-state index contributed by atoms with van der Waals surface area (Å²) in [5.74, 6) is 0. The van der Waals surface area contributed by atoms with Crippen LogP contribution in [0.5, 0.6) is 0 Å². The zero-order valence-corrected chi connectivity index (χ0v) is 10.1. The number of allylic oxidation sites excluding steroid dienone is 1. The number of hydrogen-bond donors (Lipinski definition) is 0. The van der Waals surface area contributed by atoms with Crippen molar-refractivity contribution in [3.63, 3.8) is 0 Å². The fourth-order valence-corrected chi connectivity index (χ4v) is 2.45. The lowest BCUT2D eigenvalue weighted by molar-refractivity contribution is 0.602. The second kappa shape index (κ2) is 5.05. The van der Waals surface area contributed by atoms with Crippen LogP contribution in [0.25, 0.3) is 6.08 Å². The van der Waals surface area contributed by atoms with Gasteiger partial charge in [0, 0.05) is 10.0 Å². The molecule has 2 rings (SSSR count). The molecule has 0 saturated heterocycles. The maximum Gasteiger partial charge on any atom is 0.0493 e. The molecule has 1 saturated carbocycles. The second-order valence-corrected chi connectivity index (χ2v) is 4.87. The van der Waals surface area contributed by atoms with Crippen LogP contribution in [-0.4, -0.2) is 0 Å². The van der Waals surface area contributed by atoms with Crippen LogP contribution in [0.3, 0.4) is 0 Å². The number of rotatable bonds is 1. The summed E-state index contributed by atoms with van der Waals surface area (Å²) in [7, 11) is 0. The summed E-state index contributed by atoms with van der Waals surface area (Å²) >= 11 is 12.0. The molecule has 0 bridgehead atoms. The maximum atomic E-state index is 6.12. The van der Waals surface area contributed by atoms with E-state index < -0.39 is 0 Å². The molecule has 0 aromatic heterocycles. The normalized spacial score (nSPS) is 16.5. The van der Waals surface area contributed by atoms with E-state index in [0.717, 1.165) is 10.6 Å². The largest absolute Gasteiger partial charge is 0.0843 e. The van der Waals surface area contributed by atoms with Gasteiger partial charge in [0.05, 0.1) is 0 Å². The molecule has 1 fully saturated rings. The topological polar surface area (TPSA) is 0 Å². The summed E-state index contributed by atoms with van der Waals surface area (Å²) in [6, 6.07) is 5.69. The van der Waals surface area contributed by atoms with Crippen LogP contribution in [0.4, 0.5) is 0 Å². The summed E-state index contributed by atoms with van der Waals surface area (Å²) in [6.45, 7) is 0. The SMILES string of the molecule is Clc1ccc(C=C2CCCCC2)c(Cl)c1. The van der Waals surface area contributed by atoms with Crippen molar-refractivity contribution in [2.24, 2.45) is 0 Å². The molecule has 0 nitrogen and oxygen atoms in total. The summed E-state index contributed by atoms with van der Waals surface area (Å²) in [6.07, 6.45) is 8.66. The van der Waals surface area contributed by atoms with Gasteiger partial charge in [0.2, 0.25) is 0 Å². The molecule has 15 heavy (non-hydrogen) atoms. The fourth-order valence-electron chi connectivity index (χ4n) is 1.99. The van der Waals surface area contributed by atoms with E-state index in [-0.39, 0.29) is 0 Å². The average molecular weight is 241 g/mol. The van der Waals surface area contributed by atoms with Crippen molar-refractivity contribution >= 4 is 29.3 Å². The van der Waals surface area contributed by atoms with Gasteiger partial charge in [-0.05, 0) is 43.4 Å². The third kappa shape index (κ3) is 2.99. The standard InChI is InChI=1S/C13H14Cl2/c14-12-7-6-11(13(15)9-12)8-10-4-2-1-3-5-10/h6-9H,1-5H2. The molecule has 1 aromatic rings. The van der Waals surface area contributed by atoms with Crippen LogP contribution in [0, 0.1) is 0 Å². The van der Waals surface area contributed by atoms with Gasteiger partial charge >= 0.3 is 0 Å². The van der Waals surface area contributed by atoms with Crippen molar-refractivity contribution in [3.05, 3.63) is 39.4 Å². The van der Waals surface area contributed by atoms with Gasteiger partial charge in [-0.25, -0.2) is 0 Å². The molecular formula is C13H14Cl2. The Bertz CT molecular complexity index is 372. The van der Waals surface area contributed by atoms with E-state index in [2.05, 4.69) is 6.08 Å². The van der Waals surface area contributed by atoms with Gasteiger partial charge in [-0.1, -0.05) is 47.3 Å². The molecule has 1 aliphatic carbocycles. The number of hydrogen-bond acceptors (Lipinski definition) is 0. The monoisotopic (exact) mass is 240 g/mol. The van der Waals surface area contributed by atoms with Crippen LogP contribution in [0.2, 0.25) is 10.0 Å². The van der Waals surface area contributed by atoms with Crippen LogP contribution < -0.4 is 0 Å². The van der Waals surface area contributed by atoms with Crippen molar-refractivity contribution in [2.45, 2.75) is 32.1 Å². The molecule has 1 aromatic carbocycles. The minimum Gasteiger partial charge on any atom is -0.0843 e. The zero-order chi connectivity index (χ0) is 10.7. The Morgan fingerprint density at radius 1 is 1.00 bits per heavy atom. The van der Waals surface area contributed by atoms with Crippen LogP contribution in [-0.2, 0) is 0 Å². The van der Waals surface area contributed by atoms with Crippen molar-refractivity contribution in [2.75, 3.05) is 0 Å². The first-order chi connectivity index (χ1) is 7.25. The third-order valence-electron chi connectivity index (χ3n) is 2.82. The molecule has 0 spiro atoms. The van der Waals surface area contributed by atoms with E-state index in [4.69, 9.17) is 23.2 Å². The Kier molecular flexibility index (Phi) is 3.71. The molecule has 80 valence electrons. The summed E-state index contributed by atoms with van der Waals surface area (Å²) in [5, 5.41) is 1.45. The van der Waals surface area contributed by atoms with Crippen LogP contribution in [0.15, 0.2) is 23.8 Å². The average Bonchev–Trinajstić information content (AvgIpc) is 2.24. The first-order valence-corrected chi connectivity index (χ1v) is 6.16. The Labute approximate surface area is 101 Å². The Hall–Kier alpha value is -0.460. The number of benzene rings is 1. The Morgan fingerprint density at radius 2 is 1.73 bits per heavy atom. The third-order valence-corrected chi connectivity index (χ3v) is 3.38. The molecule has 2 heteroatoms. The van der Waals surface area contributed by atoms with Crippen molar-refractivity contribution in [1.82, 2.24) is 0 Å². The maximum absolute atomic E-state index is 6.12. The quantitative estimate of drug-likeness (QED) is 0.622. The van der Waals surface area contributed by atoms with E-state index in [1.807, 2.05) is 12.1 Å². The highest BCUT2D eigenvalue weighted by Crippen LogP contribution is 2.28. The van der Waals surface area contributed by atoms with Crippen LogP contribution >= 0.6 is 23.2 Å². The first kappa shape index (κ1) is 11.0. The first-order valence-electron chi connectivity index (χ1n) is 5.40. The smallest absolute Gasteiger partial charge is 0.0493 e. The van der Waals surface area contributed by atoms with Crippen molar-refractivity contribution in [1.29, 1.82) is 0 Å². The lowest BCUT2D eigenvalue weighted by atomic mass is 9.93. The molecule has 0 atom stereocenters. The van der Waals surface area contributed by atoms with Gasteiger partial charge in [0.1, 0.15) is 0 Å². The van der Waals surface area contributed by atoms with E-state index in [1.165, 1.54) is 37.7 Å². The molecule has 0 radical (unpaired) electrons. The van der Waals surface area contributed by atoms with Gasteiger partial charge in [-0.2, -0.15) is 0 Å². The van der Waals surface area contributed by atoms with E-state index in [9.17, 15) is 0 Å². The van der Waals surface area contributed by atoms with Crippen LogP contribution in [0.1, 0.15) is 37.7 Å². The molecule has 0 amide bonds. The van der Waals surface area contributed by atoms with E-state index >= 15 is 0 Å². The highest BCUT2D eigenvalue weighted by Gasteiger charge is 2.06. The zero-order valence-electron chi connectivity index (χ0n) is 8.60. The van der Waals surface area contributed by atoms with Gasteiger partial charge in [-0.3, -0.25) is 0 Å². The lowest BCUT2D eigenvalue weighted by Crippen LogP contribution is -1.93. The van der Waals surface area contributed by atoms with Crippen molar-refractivity contribution in [3.8, 4) is 0 Å². The minimum atomic E-state index is 0.700. The minimum absolute atomic E-state index is 0.700. The molecule has 0 heterocycles. The molecule has 0 N–H and O–H groups in total. The van der Waals surface area contributed by atoms with E-state index in [1.54, 1.807) is 6.07 Å². The van der Waals surface area contributed by atoms with Gasteiger partial charge < -0.3 is 0 Å². The predicted molar refractivity (Wildman–Crippen MR) is 67.5 cm³/mol. The number of halogens is 2. The highest BCUT2D eigenvalue weighted by molar-refractivity contribution is 6.35. The summed E-state index contributed by atoms with van der Waals surface area (Å²) in [4.78, 5) is 0. The molecule has 0 aliphatic heterocycles. The fraction of sp³-hybridized carbons (Fsp3) is 0.385. The van der Waals surface area contributed by atoms with Gasteiger partial charge in [-0.15, -0.1) is 0 Å². The second-order valence-electron chi connectivity index (χ2n) is 4.03. The van der Waals surface area contributed by atoms with Crippen molar-refractivity contribution < 1.29 is 0 Å². The summed E-state index contributed by atoms with van der Waals surface area (Å²) in [5.41, 5.74) is 2.61. The van der Waals surface area contributed by atoms with Gasteiger partial charge in [0.15, 0.2) is 0 Å².